The molecule has 1 amide bonds. The average Bonchev–Trinajstić information content (AvgIpc) is 3.19. The van der Waals surface area contributed by atoms with Crippen LogP contribution in [0, 0.1) is 12.3 Å². The van der Waals surface area contributed by atoms with Gasteiger partial charge in [0.2, 0.25) is 0 Å². The molecule has 1 aromatic carbocycles. The fourth-order valence-electron chi connectivity index (χ4n) is 2.53. The minimum atomic E-state index is -0.486. The molecule has 2 aliphatic rings. The van der Waals surface area contributed by atoms with Crippen LogP contribution in [0.4, 0.5) is 0 Å². The lowest BCUT2D eigenvalue weighted by molar-refractivity contribution is -0.114. The Kier molecular flexibility index (Phi) is 4.00. The highest BCUT2D eigenvalue weighted by Gasteiger charge is 2.34. The third-order valence-corrected chi connectivity index (χ3v) is 4.74. The SMILES string of the molecule is CC1=CC2=NC(=O)/C(=C/c3ccc(Sc4ccc(C)cc4)o3)C(=N)N2O1. The Morgan fingerprint density at radius 2 is 1.92 bits per heavy atom. The van der Waals surface area contributed by atoms with Gasteiger partial charge >= 0.3 is 0 Å². The van der Waals surface area contributed by atoms with Gasteiger partial charge in [-0.15, -0.1) is 5.06 Å². The van der Waals surface area contributed by atoms with Gasteiger partial charge in [0.05, 0.1) is 5.57 Å². The zero-order chi connectivity index (χ0) is 18.3. The molecule has 4 rings (SSSR count). The highest BCUT2D eigenvalue weighted by Crippen LogP contribution is 2.31. The molecule has 0 saturated heterocycles. The van der Waals surface area contributed by atoms with Crippen LogP contribution < -0.4 is 0 Å². The molecule has 1 aromatic heterocycles. The lowest BCUT2D eigenvalue weighted by Gasteiger charge is -2.22. The molecular weight excluding hydrogens is 350 g/mol. The Balaban J connectivity index is 1.56. The molecule has 0 saturated carbocycles. The summed E-state index contributed by atoms with van der Waals surface area (Å²) in [4.78, 5) is 22.6. The zero-order valence-corrected chi connectivity index (χ0v) is 15.0. The van der Waals surface area contributed by atoms with Crippen molar-refractivity contribution in [3.05, 3.63) is 65.1 Å². The predicted octanol–water partition coefficient (Wildman–Crippen LogP) is 4.19. The highest BCUT2D eigenvalue weighted by atomic mass is 32.2. The standard InChI is InChI=1S/C19H15N3O3S/c1-11-3-6-14(7-4-11)26-17-8-5-13(24-17)10-15-18(20)22-16(21-19(15)23)9-12(2)25-22/h3-10,20H,1-2H3/b15-10+,20-18?. The Hall–Kier alpha value is -3.06. The van der Waals surface area contributed by atoms with Crippen LogP contribution >= 0.6 is 11.8 Å². The van der Waals surface area contributed by atoms with Crippen LogP contribution in [0.25, 0.3) is 6.08 Å². The molecule has 26 heavy (non-hydrogen) atoms. The summed E-state index contributed by atoms with van der Waals surface area (Å²) in [6, 6.07) is 11.7. The number of hydroxylamine groups is 2. The van der Waals surface area contributed by atoms with Gasteiger partial charge in [-0.25, -0.2) is 0 Å². The second-order valence-electron chi connectivity index (χ2n) is 5.89. The van der Waals surface area contributed by atoms with Crippen molar-refractivity contribution in [2.24, 2.45) is 4.99 Å². The van der Waals surface area contributed by atoms with E-state index in [1.165, 1.54) is 28.5 Å². The Morgan fingerprint density at radius 3 is 2.69 bits per heavy atom. The van der Waals surface area contributed by atoms with Crippen LogP contribution in [0.15, 0.2) is 73.2 Å². The van der Waals surface area contributed by atoms with E-state index in [4.69, 9.17) is 14.7 Å². The molecule has 7 heteroatoms. The minimum absolute atomic E-state index is 0.0581. The third-order valence-electron chi connectivity index (χ3n) is 3.81. The molecule has 2 aromatic rings. The summed E-state index contributed by atoms with van der Waals surface area (Å²) >= 11 is 1.49. The molecule has 0 aliphatic carbocycles. The van der Waals surface area contributed by atoms with Gasteiger partial charge in [-0.05, 0) is 44.2 Å². The molecule has 6 nitrogen and oxygen atoms in total. The van der Waals surface area contributed by atoms with Gasteiger partial charge in [0.25, 0.3) is 5.91 Å². The fourth-order valence-corrected chi connectivity index (χ4v) is 3.31. The summed E-state index contributed by atoms with van der Waals surface area (Å²) < 4.78 is 5.77. The molecule has 1 N–H and O–H groups in total. The van der Waals surface area contributed by atoms with Crippen molar-refractivity contribution < 1.29 is 14.0 Å². The number of rotatable bonds is 3. The molecule has 0 fully saturated rings. The summed E-state index contributed by atoms with van der Waals surface area (Å²) in [5, 5.41) is 10.1. The van der Waals surface area contributed by atoms with E-state index in [1.54, 1.807) is 19.1 Å². The fraction of sp³-hybridized carbons (Fsp3) is 0.105. The van der Waals surface area contributed by atoms with Crippen molar-refractivity contribution in [2.75, 3.05) is 0 Å². The van der Waals surface area contributed by atoms with Crippen LogP contribution in [-0.4, -0.2) is 22.6 Å². The first kappa shape index (κ1) is 16.4. The number of hydrogen-bond donors (Lipinski definition) is 1. The second-order valence-corrected chi connectivity index (χ2v) is 6.97. The van der Waals surface area contributed by atoms with E-state index in [-0.39, 0.29) is 11.4 Å². The zero-order valence-electron chi connectivity index (χ0n) is 14.1. The van der Waals surface area contributed by atoms with E-state index in [0.29, 0.717) is 22.4 Å². The predicted molar refractivity (Wildman–Crippen MR) is 98.8 cm³/mol. The summed E-state index contributed by atoms with van der Waals surface area (Å²) in [5.74, 6) is 0.842. The molecule has 0 atom stereocenters. The van der Waals surface area contributed by atoms with Crippen molar-refractivity contribution >= 4 is 35.4 Å². The summed E-state index contributed by atoms with van der Waals surface area (Å²) in [7, 11) is 0. The Bertz CT molecular complexity index is 999. The number of carbonyl (C=O) groups excluding carboxylic acids is 1. The van der Waals surface area contributed by atoms with Crippen molar-refractivity contribution in [2.45, 2.75) is 23.8 Å². The van der Waals surface area contributed by atoms with Crippen molar-refractivity contribution in [3.8, 4) is 0 Å². The maximum Gasteiger partial charge on any atom is 0.283 e. The van der Waals surface area contributed by atoms with Crippen molar-refractivity contribution in [1.82, 2.24) is 5.06 Å². The van der Waals surface area contributed by atoms with Crippen molar-refractivity contribution in [3.63, 3.8) is 0 Å². The number of carbonyl (C=O) groups is 1. The largest absolute Gasteiger partial charge is 0.450 e. The van der Waals surface area contributed by atoms with E-state index < -0.39 is 5.91 Å². The van der Waals surface area contributed by atoms with E-state index >= 15 is 0 Å². The van der Waals surface area contributed by atoms with Gasteiger partial charge in [0.1, 0.15) is 11.5 Å². The van der Waals surface area contributed by atoms with E-state index in [9.17, 15) is 4.79 Å². The maximum absolute atomic E-state index is 12.2. The van der Waals surface area contributed by atoms with Crippen molar-refractivity contribution in [1.29, 1.82) is 5.41 Å². The normalized spacial score (nSPS) is 17.9. The molecular formula is C19H15N3O3S. The number of fused-ring (bicyclic) bond motifs is 1. The number of benzene rings is 1. The number of hydrogen-bond acceptors (Lipinski definition) is 5. The van der Waals surface area contributed by atoms with Gasteiger partial charge in [0.15, 0.2) is 16.8 Å². The van der Waals surface area contributed by atoms with E-state index in [1.807, 2.05) is 37.3 Å². The summed E-state index contributed by atoms with van der Waals surface area (Å²) in [5.41, 5.74) is 1.32. The number of aliphatic imine (C=N–C) groups is 1. The minimum Gasteiger partial charge on any atom is -0.450 e. The molecule has 0 radical (unpaired) electrons. The third kappa shape index (κ3) is 3.09. The number of nitrogens with zero attached hydrogens (tertiary/aromatic N) is 2. The number of amides is 1. The molecule has 3 heterocycles. The smallest absolute Gasteiger partial charge is 0.283 e. The molecule has 0 spiro atoms. The first-order chi connectivity index (χ1) is 12.5. The van der Waals surface area contributed by atoms with Gasteiger partial charge in [-0.3, -0.25) is 10.2 Å². The van der Waals surface area contributed by atoms with Crippen LogP contribution in [0.2, 0.25) is 0 Å². The topological polar surface area (TPSA) is 78.9 Å². The van der Waals surface area contributed by atoms with Crippen LogP contribution in [0.5, 0.6) is 0 Å². The number of allylic oxidation sites excluding steroid dienone is 1. The molecule has 0 bridgehead atoms. The maximum atomic E-state index is 12.2. The number of aryl methyl sites for hydroxylation is 1. The average molecular weight is 365 g/mol. The molecule has 2 aliphatic heterocycles. The van der Waals surface area contributed by atoms with Crippen LogP contribution in [0.3, 0.4) is 0 Å². The number of nitrogens with one attached hydrogen (secondary N) is 1. The van der Waals surface area contributed by atoms with Crippen LogP contribution in [-0.2, 0) is 9.63 Å². The van der Waals surface area contributed by atoms with Gasteiger partial charge in [0, 0.05) is 11.0 Å². The monoisotopic (exact) mass is 365 g/mol. The lowest BCUT2D eigenvalue weighted by Crippen LogP contribution is -2.38. The van der Waals surface area contributed by atoms with E-state index in [2.05, 4.69) is 4.99 Å². The lowest BCUT2D eigenvalue weighted by atomic mass is 10.1. The number of amidine groups is 2. The van der Waals surface area contributed by atoms with Gasteiger partial charge in [-0.1, -0.05) is 29.5 Å². The van der Waals surface area contributed by atoms with Gasteiger partial charge in [-0.2, -0.15) is 4.99 Å². The van der Waals surface area contributed by atoms with Crippen LogP contribution in [0.1, 0.15) is 18.2 Å². The van der Waals surface area contributed by atoms with E-state index in [0.717, 1.165) is 4.90 Å². The summed E-state index contributed by atoms with van der Waals surface area (Å²) in [6.07, 6.45) is 3.13. The first-order valence-corrected chi connectivity index (χ1v) is 8.75. The number of furan rings is 1. The van der Waals surface area contributed by atoms with Gasteiger partial charge < -0.3 is 9.25 Å². The second kappa shape index (κ2) is 6.34. The summed E-state index contributed by atoms with van der Waals surface area (Å²) in [6.45, 7) is 3.78. The molecule has 130 valence electrons. The Morgan fingerprint density at radius 1 is 1.15 bits per heavy atom. The first-order valence-electron chi connectivity index (χ1n) is 7.94. The Labute approximate surface area is 154 Å². The molecule has 0 unspecified atom stereocenters. The quantitative estimate of drug-likeness (QED) is 0.825. The highest BCUT2D eigenvalue weighted by molar-refractivity contribution is 7.99.